The SMILES string of the molecule is CCCCCC(O)CCN1C(=O)CC(=O)C1CCCCCCC(=O)OC. The summed E-state index contributed by atoms with van der Waals surface area (Å²) < 4.78 is 4.61. The second kappa shape index (κ2) is 12.8. The summed E-state index contributed by atoms with van der Waals surface area (Å²) in [6.07, 6.45) is 8.73. The van der Waals surface area contributed by atoms with E-state index in [-0.39, 0.29) is 30.1 Å². The van der Waals surface area contributed by atoms with Crippen molar-refractivity contribution in [1.82, 2.24) is 4.90 Å². The molecule has 0 saturated carbocycles. The lowest BCUT2D eigenvalue weighted by Gasteiger charge is -2.25. The normalized spacial score (nSPS) is 18.4. The van der Waals surface area contributed by atoms with Crippen LogP contribution in [-0.2, 0) is 19.1 Å². The highest BCUT2D eigenvalue weighted by molar-refractivity contribution is 6.07. The third-order valence-electron chi connectivity index (χ3n) is 5.07. The molecule has 0 aromatic heterocycles. The average Bonchev–Trinajstić information content (AvgIpc) is 2.89. The summed E-state index contributed by atoms with van der Waals surface area (Å²) in [4.78, 5) is 36.9. The van der Waals surface area contributed by atoms with Crippen LogP contribution in [-0.4, -0.2) is 53.5 Å². The molecule has 1 amide bonds. The number of aliphatic hydroxyl groups is 1. The van der Waals surface area contributed by atoms with E-state index < -0.39 is 6.10 Å². The lowest BCUT2D eigenvalue weighted by molar-refractivity contribution is -0.140. The first-order chi connectivity index (χ1) is 12.5. The van der Waals surface area contributed by atoms with Crippen LogP contribution in [0.3, 0.4) is 0 Å². The number of unbranched alkanes of at least 4 members (excludes halogenated alkanes) is 5. The van der Waals surface area contributed by atoms with Gasteiger partial charge in [-0.25, -0.2) is 0 Å². The van der Waals surface area contributed by atoms with E-state index in [1.54, 1.807) is 4.90 Å². The van der Waals surface area contributed by atoms with Crippen LogP contribution in [0.4, 0.5) is 0 Å². The van der Waals surface area contributed by atoms with Crippen molar-refractivity contribution in [3.63, 3.8) is 0 Å². The Morgan fingerprint density at radius 2 is 1.88 bits per heavy atom. The van der Waals surface area contributed by atoms with Crippen LogP contribution in [0.25, 0.3) is 0 Å². The van der Waals surface area contributed by atoms with Crippen molar-refractivity contribution in [2.75, 3.05) is 13.7 Å². The van der Waals surface area contributed by atoms with Gasteiger partial charge in [0.1, 0.15) is 0 Å². The van der Waals surface area contributed by atoms with E-state index in [0.717, 1.165) is 51.4 Å². The molecule has 0 aromatic rings. The van der Waals surface area contributed by atoms with Crippen molar-refractivity contribution in [1.29, 1.82) is 0 Å². The van der Waals surface area contributed by atoms with Gasteiger partial charge in [0.05, 0.1) is 25.7 Å². The first-order valence-corrected chi connectivity index (χ1v) is 10.1. The van der Waals surface area contributed by atoms with Crippen molar-refractivity contribution >= 4 is 17.7 Å². The van der Waals surface area contributed by atoms with Gasteiger partial charge < -0.3 is 14.7 Å². The summed E-state index contributed by atoms with van der Waals surface area (Å²) in [7, 11) is 1.39. The molecule has 1 fully saturated rings. The summed E-state index contributed by atoms with van der Waals surface area (Å²) in [6.45, 7) is 2.59. The number of carbonyl (C=O) groups excluding carboxylic acids is 3. The molecule has 26 heavy (non-hydrogen) atoms. The fraction of sp³-hybridized carbons (Fsp3) is 0.850. The minimum atomic E-state index is -0.399. The van der Waals surface area contributed by atoms with Gasteiger partial charge in [-0.05, 0) is 25.7 Å². The molecule has 0 spiro atoms. The van der Waals surface area contributed by atoms with Gasteiger partial charge in [-0.2, -0.15) is 0 Å². The van der Waals surface area contributed by atoms with Gasteiger partial charge in [0, 0.05) is 13.0 Å². The first-order valence-electron chi connectivity index (χ1n) is 10.1. The third kappa shape index (κ3) is 8.30. The van der Waals surface area contributed by atoms with E-state index in [4.69, 9.17) is 0 Å². The second-order valence-electron chi connectivity index (χ2n) is 7.21. The topological polar surface area (TPSA) is 83.9 Å². The van der Waals surface area contributed by atoms with Crippen molar-refractivity contribution in [3.8, 4) is 0 Å². The van der Waals surface area contributed by atoms with Gasteiger partial charge in [0.25, 0.3) is 0 Å². The van der Waals surface area contributed by atoms with E-state index >= 15 is 0 Å². The number of Topliss-reactive ketones (excluding diaryl/α,β-unsaturated/α-hetero) is 1. The molecule has 0 radical (unpaired) electrons. The highest BCUT2D eigenvalue weighted by Gasteiger charge is 2.37. The molecule has 6 nitrogen and oxygen atoms in total. The Bertz CT molecular complexity index is 451. The van der Waals surface area contributed by atoms with E-state index in [1.807, 2.05) is 0 Å². The van der Waals surface area contributed by atoms with Gasteiger partial charge in [0.2, 0.25) is 5.91 Å². The summed E-state index contributed by atoms with van der Waals surface area (Å²) >= 11 is 0. The van der Waals surface area contributed by atoms with Crippen LogP contribution < -0.4 is 0 Å². The number of esters is 1. The Balaban J connectivity index is 2.29. The number of aliphatic hydroxyl groups excluding tert-OH is 1. The molecule has 6 heteroatoms. The van der Waals surface area contributed by atoms with Crippen LogP contribution in [0.15, 0.2) is 0 Å². The third-order valence-corrected chi connectivity index (χ3v) is 5.07. The smallest absolute Gasteiger partial charge is 0.305 e. The van der Waals surface area contributed by atoms with Gasteiger partial charge >= 0.3 is 5.97 Å². The molecule has 1 rings (SSSR count). The number of amides is 1. The number of hydrogen-bond acceptors (Lipinski definition) is 5. The molecule has 0 bridgehead atoms. The van der Waals surface area contributed by atoms with Crippen LogP contribution in [0, 0.1) is 0 Å². The zero-order chi connectivity index (χ0) is 19.4. The van der Waals surface area contributed by atoms with Crippen LogP contribution in [0.1, 0.15) is 84.0 Å². The number of methoxy groups -OCH3 is 1. The van der Waals surface area contributed by atoms with E-state index in [2.05, 4.69) is 11.7 Å². The van der Waals surface area contributed by atoms with Crippen molar-refractivity contribution in [2.45, 2.75) is 96.1 Å². The quantitative estimate of drug-likeness (QED) is 0.289. The molecular weight excluding hydrogens is 334 g/mol. The Labute approximate surface area is 157 Å². The average molecular weight is 370 g/mol. The minimum Gasteiger partial charge on any atom is -0.469 e. The Kier molecular flexibility index (Phi) is 11.2. The molecule has 1 heterocycles. The molecule has 150 valence electrons. The Hall–Kier alpha value is -1.43. The van der Waals surface area contributed by atoms with E-state index in [9.17, 15) is 19.5 Å². The molecule has 1 saturated heterocycles. The van der Waals surface area contributed by atoms with Crippen LogP contribution >= 0.6 is 0 Å². The minimum absolute atomic E-state index is 0.00105. The number of ether oxygens (including phenoxy) is 1. The molecule has 2 atom stereocenters. The summed E-state index contributed by atoms with van der Waals surface area (Å²) in [5, 5.41) is 10.1. The van der Waals surface area contributed by atoms with E-state index in [0.29, 0.717) is 25.8 Å². The van der Waals surface area contributed by atoms with Crippen molar-refractivity contribution in [3.05, 3.63) is 0 Å². The summed E-state index contributed by atoms with van der Waals surface area (Å²) in [6, 6.07) is -0.328. The summed E-state index contributed by atoms with van der Waals surface area (Å²) in [5.74, 6) is -0.290. The fourth-order valence-electron chi connectivity index (χ4n) is 3.44. The Morgan fingerprint density at radius 1 is 1.15 bits per heavy atom. The number of nitrogens with zero attached hydrogens (tertiary/aromatic N) is 1. The predicted octanol–water partition coefficient (Wildman–Crippen LogP) is 3.00. The number of ketones is 1. The highest BCUT2D eigenvalue weighted by Crippen LogP contribution is 2.22. The predicted molar refractivity (Wildman–Crippen MR) is 99.6 cm³/mol. The molecule has 1 aliphatic heterocycles. The zero-order valence-corrected chi connectivity index (χ0v) is 16.4. The first kappa shape index (κ1) is 22.6. The molecule has 2 unspecified atom stereocenters. The highest BCUT2D eigenvalue weighted by atomic mass is 16.5. The molecule has 1 aliphatic rings. The lowest BCUT2D eigenvalue weighted by Crippen LogP contribution is -2.37. The summed E-state index contributed by atoms with van der Waals surface area (Å²) in [5.41, 5.74) is 0. The fourth-order valence-corrected chi connectivity index (χ4v) is 3.44. The lowest BCUT2D eigenvalue weighted by atomic mass is 10.0. The number of carbonyl (C=O) groups is 3. The zero-order valence-electron chi connectivity index (χ0n) is 16.4. The van der Waals surface area contributed by atoms with E-state index in [1.165, 1.54) is 7.11 Å². The maximum absolute atomic E-state index is 12.1. The molecule has 0 aromatic carbocycles. The maximum atomic E-state index is 12.1. The number of rotatable bonds is 14. The number of hydrogen-bond donors (Lipinski definition) is 1. The van der Waals surface area contributed by atoms with Gasteiger partial charge in [-0.15, -0.1) is 0 Å². The van der Waals surface area contributed by atoms with Crippen LogP contribution in [0.5, 0.6) is 0 Å². The monoisotopic (exact) mass is 369 g/mol. The molecule has 0 aliphatic carbocycles. The maximum Gasteiger partial charge on any atom is 0.305 e. The second-order valence-corrected chi connectivity index (χ2v) is 7.21. The van der Waals surface area contributed by atoms with Crippen molar-refractivity contribution in [2.24, 2.45) is 0 Å². The largest absolute Gasteiger partial charge is 0.469 e. The number of likely N-dealkylation sites (tertiary alicyclic amines) is 1. The molecular formula is C20H35NO5. The Morgan fingerprint density at radius 3 is 2.58 bits per heavy atom. The van der Waals surface area contributed by atoms with Crippen LogP contribution in [0.2, 0.25) is 0 Å². The molecule has 1 N–H and O–H groups in total. The van der Waals surface area contributed by atoms with Gasteiger partial charge in [0.15, 0.2) is 5.78 Å². The van der Waals surface area contributed by atoms with Gasteiger partial charge in [-0.1, -0.05) is 45.4 Å². The van der Waals surface area contributed by atoms with Gasteiger partial charge in [-0.3, -0.25) is 14.4 Å². The standard InChI is InChI=1S/C20H35NO5/c1-3-4-7-10-16(22)13-14-21-17(18(23)15-19(21)24)11-8-5-6-9-12-20(25)26-2/h16-17,22H,3-15H2,1-2H3. The van der Waals surface area contributed by atoms with Crippen molar-refractivity contribution < 1.29 is 24.2 Å².